The third-order valence-corrected chi connectivity index (χ3v) is 2.96. The van der Waals surface area contributed by atoms with Crippen molar-refractivity contribution in [2.75, 3.05) is 6.61 Å². The molecule has 4 heteroatoms. The third-order valence-electron chi connectivity index (χ3n) is 2.96. The van der Waals surface area contributed by atoms with Gasteiger partial charge in [0.1, 0.15) is 6.04 Å². The zero-order chi connectivity index (χ0) is 13.7. The van der Waals surface area contributed by atoms with E-state index < -0.39 is 0 Å². The molecule has 0 aliphatic heterocycles. The van der Waals surface area contributed by atoms with Crippen LogP contribution in [-0.2, 0) is 16.1 Å². The number of esters is 1. The number of benzene rings is 1. The molecule has 0 fully saturated rings. The summed E-state index contributed by atoms with van der Waals surface area (Å²) in [4.78, 5) is 15.6. The SMILES string of the molecule is CCOC(=O)C(C)NCc1ccc2cnccc2c1. The van der Waals surface area contributed by atoms with E-state index in [1.807, 2.05) is 38.2 Å². The van der Waals surface area contributed by atoms with Gasteiger partial charge in [0, 0.05) is 24.3 Å². The van der Waals surface area contributed by atoms with Gasteiger partial charge in [-0.2, -0.15) is 0 Å². The van der Waals surface area contributed by atoms with Crippen LogP contribution >= 0.6 is 0 Å². The van der Waals surface area contributed by atoms with Gasteiger partial charge in [-0.3, -0.25) is 9.78 Å². The van der Waals surface area contributed by atoms with Crippen LogP contribution in [0, 0.1) is 0 Å². The van der Waals surface area contributed by atoms with Gasteiger partial charge in [-0.05, 0) is 36.9 Å². The zero-order valence-electron chi connectivity index (χ0n) is 11.2. The number of hydrogen-bond acceptors (Lipinski definition) is 4. The largest absolute Gasteiger partial charge is 0.465 e. The summed E-state index contributed by atoms with van der Waals surface area (Å²) >= 11 is 0. The van der Waals surface area contributed by atoms with Crippen molar-refractivity contribution in [1.82, 2.24) is 10.3 Å². The number of rotatable bonds is 5. The van der Waals surface area contributed by atoms with E-state index >= 15 is 0 Å². The Kier molecular flexibility index (Phi) is 4.47. The maximum absolute atomic E-state index is 11.5. The van der Waals surface area contributed by atoms with Crippen LogP contribution in [0.15, 0.2) is 36.7 Å². The molecule has 2 aromatic rings. The first kappa shape index (κ1) is 13.5. The second-order valence-corrected chi connectivity index (χ2v) is 4.41. The van der Waals surface area contributed by atoms with Gasteiger partial charge in [-0.15, -0.1) is 0 Å². The Morgan fingerprint density at radius 2 is 2.21 bits per heavy atom. The number of fused-ring (bicyclic) bond motifs is 1. The van der Waals surface area contributed by atoms with Crippen LogP contribution in [0.5, 0.6) is 0 Å². The lowest BCUT2D eigenvalue weighted by Crippen LogP contribution is -2.34. The van der Waals surface area contributed by atoms with Gasteiger partial charge in [0.25, 0.3) is 0 Å². The number of carbonyl (C=O) groups is 1. The first-order valence-electron chi connectivity index (χ1n) is 6.43. The normalized spacial score (nSPS) is 12.3. The minimum atomic E-state index is -0.298. The van der Waals surface area contributed by atoms with Crippen molar-refractivity contribution in [2.24, 2.45) is 0 Å². The molecular weight excluding hydrogens is 240 g/mol. The predicted octanol–water partition coefficient (Wildman–Crippen LogP) is 2.28. The summed E-state index contributed by atoms with van der Waals surface area (Å²) in [6.45, 7) is 4.66. The van der Waals surface area contributed by atoms with Crippen LogP contribution in [-0.4, -0.2) is 23.6 Å². The lowest BCUT2D eigenvalue weighted by molar-refractivity contribution is -0.145. The van der Waals surface area contributed by atoms with Crippen molar-refractivity contribution < 1.29 is 9.53 Å². The fourth-order valence-electron chi connectivity index (χ4n) is 1.86. The van der Waals surface area contributed by atoms with Crippen LogP contribution in [0.3, 0.4) is 0 Å². The first-order valence-corrected chi connectivity index (χ1v) is 6.43. The smallest absolute Gasteiger partial charge is 0.322 e. The van der Waals surface area contributed by atoms with Crippen LogP contribution in [0.4, 0.5) is 0 Å². The molecule has 0 aliphatic rings. The Balaban J connectivity index is 1.99. The Bertz CT molecular complexity index is 569. The van der Waals surface area contributed by atoms with Crippen molar-refractivity contribution in [1.29, 1.82) is 0 Å². The summed E-state index contributed by atoms with van der Waals surface area (Å²) in [6, 6.07) is 7.85. The molecule has 0 radical (unpaired) electrons. The highest BCUT2D eigenvalue weighted by Crippen LogP contribution is 2.14. The van der Waals surface area contributed by atoms with Gasteiger partial charge in [0.05, 0.1) is 6.61 Å². The average molecular weight is 258 g/mol. The maximum atomic E-state index is 11.5. The summed E-state index contributed by atoms with van der Waals surface area (Å²) in [5, 5.41) is 5.42. The molecule has 1 aromatic carbocycles. The molecule has 0 bridgehead atoms. The lowest BCUT2D eigenvalue weighted by Gasteiger charge is -2.12. The van der Waals surface area contributed by atoms with Crippen LogP contribution < -0.4 is 5.32 Å². The third kappa shape index (κ3) is 3.51. The number of nitrogens with one attached hydrogen (secondary N) is 1. The standard InChI is InChI=1S/C15H18N2O2/c1-3-19-15(18)11(2)17-9-12-4-5-14-10-16-7-6-13(14)8-12/h4-8,10-11,17H,3,9H2,1-2H3. The molecule has 100 valence electrons. The van der Waals surface area contributed by atoms with Crippen molar-refractivity contribution in [3.63, 3.8) is 0 Å². The molecule has 4 nitrogen and oxygen atoms in total. The molecule has 19 heavy (non-hydrogen) atoms. The molecule has 1 unspecified atom stereocenters. The van der Waals surface area contributed by atoms with Crippen molar-refractivity contribution in [3.05, 3.63) is 42.2 Å². The summed E-state index contributed by atoms with van der Waals surface area (Å²) in [7, 11) is 0. The molecule has 0 aliphatic carbocycles. The molecule has 1 heterocycles. The average Bonchev–Trinajstić information content (AvgIpc) is 2.44. The predicted molar refractivity (Wildman–Crippen MR) is 74.7 cm³/mol. The van der Waals surface area contributed by atoms with Crippen molar-refractivity contribution in [3.8, 4) is 0 Å². The lowest BCUT2D eigenvalue weighted by atomic mass is 10.1. The molecule has 0 saturated carbocycles. The van der Waals surface area contributed by atoms with E-state index in [0.717, 1.165) is 16.3 Å². The Morgan fingerprint density at radius 1 is 1.37 bits per heavy atom. The maximum Gasteiger partial charge on any atom is 0.322 e. The topological polar surface area (TPSA) is 51.2 Å². The molecule has 2 rings (SSSR count). The van der Waals surface area contributed by atoms with Crippen LogP contribution in [0.25, 0.3) is 10.8 Å². The second-order valence-electron chi connectivity index (χ2n) is 4.41. The van der Waals surface area contributed by atoms with E-state index in [0.29, 0.717) is 13.2 Å². The highest BCUT2D eigenvalue weighted by Gasteiger charge is 2.12. The molecule has 1 atom stereocenters. The first-order chi connectivity index (χ1) is 9.20. The Hall–Kier alpha value is -1.94. The quantitative estimate of drug-likeness (QED) is 0.836. The number of aromatic nitrogens is 1. The fraction of sp³-hybridized carbons (Fsp3) is 0.333. The summed E-state index contributed by atoms with van der Waals surface area (Å²) < 4.78 is 4.95. The highest BCUT2D eigenvalue weighted by molar-refractivity contribution is 5.82. The monoisotopic (exact) mass is 258 g/mol. The van der Waals surface area contributed by atoms with Crippen LogP contribution in [0.2, 0.25) is 0 Å². The zero-order valence-corrected chi connectivity index (χ0v) is 11.2. The molecule has 1 aromatic heterocycles. The van der Waals surface area contributed by atoms with Gasteiger partial charge < -0.3 is 10.1 Å². The summed E-state index contributed by atoms with van der Waals surface area (Å²) in [6.07, 6.45) is 3.62. The van der Waals surface area contributed by atoms with Crippen molar-refractivity contribution in [2.45, 2.75) is 26.4 Å². The van der Waals surface area contributed by atoms with Gasteiger partial charge in [0.2, 0.25) is 0 Å². The summed E-state index contributed by atoms with van der Waals surface area (Å²) in [5.41, 5.74) is 1.13. The van der Waals surface area contributed by atoms with E-state index in [9.17, 15) is 4.79 Å². The number of nitrogens with zero attached hydrogens (tertiary/aromatic N) is 1. The Morgan fingerprint density at radius 3 is 3.00 bits per heavy atom. The molecule has 0 saturated heterocycles. The van der Waals surface area contributed by atoms with Gasteiger partial charge >= 0.3 is 5.97 Å². The minimum absolute atomic E-state index is 0.215. The van der Waals surface area contributed by atoms with E-state index in [2.05, 4.69) is 16.4 Å². The number of carbonyl (C=O) groups excluding carboxylic acids is 1. The van der Waals surface area contributed by atoms with Crippen LogP contribution in [0.1, 0.15) is 19.4 Å². The fourth-order valence-corrected chi connectivity index (χ4v) is 1.86. The molecular formula is C15H18N2O2. The molecule has 1 N–H and O–H groups in total. The van der Waals surface area contributed by atoms with E-state index in [-0.39, 0.29) is 12.0 Å². The van der Waals surface area contributed by atoms with Gasteiger partial charge in [0.15, 0.2) is 0 Å². The molecule has 0 spiro atoms. The molecule has 0 amide bonds. The number of ether oxygens (including phenoxy) is 1. The minimum Gasteiger partial charge on any atom is -0.465 e. The van der Waals surface area contributed by atoms with E-state index in [4.69, 9.17) is 4.74 Å². The van der Waals surface area contributed by atoms with Gasteiger partial charge in [-0.25, -0.2) is 0 Å². The summed E-state index contributed by atoms with van der Waals surface area (Å²) in [5.74, 6) is -0.215. The van der Waals surface area contributed by atoms with E-state index in [1.54, 1.807) is 6.20 Å². The number of hydrogen-bond donors (Lipinski definition) is 1. The Labute approximate surface area is 112 Å². The highest BCUT2D eigenvalue weighted by atomic mass is 16.5. The number of pyridine rings is 1. The second kappa shape index (κ2) is 6.29. The van der Waals surface area contributed by atoms with Crippen molar-refractivity contribution >= 4 is 16.7 Å². The van der Waals surface area contributed by atoms with E-state index in [1.165, 1.54) is 0 Å². The van der Waals surface area contributed by atoms with Gasteiger partial charge in [-0.1, -0.05) is 12.1 Å².